The van der Waals surface area contributed by atoms with Crippen molar-refractivity contribution in [2.24, 2.45) is 0 Å². The molecular weight excluding hydrogens is 380 g/mol. The van der Waals surface area contributed by atoms with Gasteiger partial charge in [-0.25, -0.2) is 0 Å². The standard InChI is InChI=1S/C20H18N2O3S2/c1-13-6-2-4-8-15(13)21-18(24)10-11-22-19(25)17(27-20(22)26)12-14-7-3-5-9-16(14)23/h2-9,12,23H,10-11H2,1H3,(H,21,24)/b17-12-. The van der Waals surface area contributed by atoms with Gasteiger partial charge in [0.25, 0.3) is 5.91 Å². The molecule has 5 nitrogen and oxygen atoms in total. The van der Waals surface area contributed by atoms with Gasteiger partial charge in [0.2, 0.25) is 5.91 Å². The van der Waals surface area contributed by atoms with Crippen molar-refractivity contribution in [2.75, 3.05) is 11.9 Å². The molecule has 1 saturated heterocycles. The number of para-hydroxylation sites is 2. The number of thiocarbonyl (C=S) groups is 1. The molecule has 0 atom stereocenters. The number of carbonyl (C=O) groups is 2. The van der Waals surface area contributed by atoms with Crippen molar-refractivity contribution in [3.05, 3.63) is 64.6 Å². The summed E-state index contributed by atoms with van der Waals surface area (Å²) in [5.74, 6) is -0.333. The van der Waals surface area contributed by atoms with E-state index in [1.165, 1.54) is 16.7 Å². The summed E-state index contributed by atoms with van der Waals surface area (Å²) in [5.41, 5.74) is 2.28. The first-order chi connectivity index (χ1) is 13.0. The van der Waals surface area contributed by atoms with Crippen LogP contribution in [-0.4, -0.2) is 32.7 Å². The van der Waals surface area contributed by atoms with Gasteiger partial charge in [-0.3, -0.25) is 14.5 Å². The number of hydrogen-bond donors (Lipinski definition) is 2. The Morgan fingerprint density at radius 3 is 2.67 bits per heavy atom. The van der Waals surface area contributed by atoms with Crippen LogP contribution in [0.2, 0.25) is 0 Å². The molecule has 1 aliphatic rings. The first kappa shape index (κ1) is 19.1. The second-order valence-electron chi connectivity index (χ2n) is 6.01. The fraction of sp³-hybridized carbons (Fsp3) is 0.150. The van der Waals surface area contributed by atoms with Crippen LogP contribution in [-0.2, 0) is 9.59 Å². The van der Waals surface area contributed by atoms with E-state index in [1.54, 1.807) is 30.3 Å². The molecule has 0 spiro atoms. The molecule has 0 radical (unpaired) electrons. The summed E-state index contributed by atoms with van der Waals surface area (Å²) in [6, 6.07) is 14.3. The Bertz CT molecular complexity index is 940. The van der Waals surface area contributed by atoms with Crippen LogP contribution >= 0.6 is 24.0 Å². The molecule has 0 saturated carbocycles. The topological polar surface area (TPSA) is 69.6 Å². The summed E-state index contributed by atoms with van der Waals surface area (Å²) in [4.78, 5) is 26.6. The molecule has 138 valence electrons. The molecule has 0 bridgehead atoms. The third-order valence-electron chi connectivity index (χ3n) is 4.08. The SMILES string of the molecule is Cc1ccccc1NC(=O)CCN1C(=O)/C(=C/c2ccccc2O)SC1=S. The molecule has 1 aliphatic heterocycles. The number of carbonyl (C=O) groups excluding carboxylic acids is 2. The summed E-state index contributed by atoms with van der Waals surface area (Å²) in [6.07, 6.45) is 1.76. The van der Waals surface area contributed by atoms with Gasteiger partial charge in [-0.15, -0.1) is 0 Å². The molecule has 0 unspecified atom stereocenters. The van der Waals surface area contributed by atoms with Gasteiger partial charge >= 0.3 is 0 Å². The Morgan fingerprint density at radius 1 is 1.22 bits per heavy atom. The Balaban J connectivity index is 1.63. The van der Waals surface area contributed by atoms with E-state index in [0.717, 1.165) is 11.3 Å². The molecule has 3 rings (SSSR count). The van der Waals surface area contributed by atoms with Crippen LogP contribution < -0.4 is 5.32 Å². The van der Waals surface area contributed by atoms with Crippen molar-refractivity contribution < 1.29 is 14.7 Å². The van der Waals surface area contributed by atoms with Crippen LogP contribution in [0.3, 0.4) is 0 Å². The average Bonchev–Trinajstić information content (AvgIpc) is 2.90. The van der Waals surface area contributed by atoms with Gasteiger partial charge < -0.3 is 10.4 Å². The first-order valence-electron chi connectivity index (χ1n) is 8.34. The molecule has 0 aliphatic carbocycles. The van der Waals surface area contributed by atoms with Crippen LogP contribution in [0, 0.1) is 6.92 Å². The van der Waals surface area contributed by atoms with Crippen molar-refractivity contribution in [1.82, 2.24) is 4.90 Å². The summed E-state index contributed by atoms with van der Waals surface area (Å²) >= 11 is 6.45. The summed E-state index contributed by atoms with van der Waals surface area (Å²) in [7, 11) is 0. The van der Waals surface area contributed by atoms with Crippen LogP contribution in [0.1, 0.15) is 17.5 Å². The molecule has 7 heteroatoms. The van der Waals surface area contributed by atoms with Gasteiger partial charge in [0, 0.05) is 24.2 Å². The molecule has 2 amide bonds. The number of aryl methyl sites for hydroxylation is 1. The normalized spacial score (nSPS) is 15.4. The lowest BCUT2D eigenvalue weighted by Gasteiger charge is -2.14. The van der Waals surface area contributed by atoms with Gasteiger partial charge in [-0.2, -0.15) is 0 Å². The molecule has 27 heavy (non-hydrogen) atoms. The minimum atomic E-state index is -0.253. The summed E-state index contributed by atoms with van der Waals surface area (Å²) < 4.78 is 0.408. The maximum absolute atomic E-state index is 12.6. The highest BCUT2D eigenvalue weighted by atomic mass is 32.2. The number of nitrogens with one attached hydrogen (secondary N) is 1. The van der Waals surface area contributed by atoms with Crippen LogP contribution in [0.15, 0.2) is 53.4 Å². The average molecular weight is 399 g/mol. The summed E-state index contributed by atoms with van der Waals surface area (Å²) in [6.45, 7) is 2.13. The van der Waals surface area contributed by atoms with E-state index < -0.39 is 0 Å². The zero-order chi connectivity index (χ0) is 19.4. The number of benzene rings is 2. The van der Waals surface area contributed by atoms with E-state index in [4.69, 9.17) is 12.2 Å². The molecule has 1 heterocycles. The highest BCUT2D eigenvalue weighted by Gasteiger charge is 2.32. The molecule has 2 aromatic carbocycles. The minimum absolute atomic E-state index is 0.0976. The number of rotatable bonds is 5. The highest BCUT2D eigenvalue weighted by Crippen LogP contribution is 2.34. The first-order valence-corrected chi connectivity index (χ1v) is 9.57. The van der Waals surface area contributed by atoms with Gasteiger partial charge in [-0.1, -0.05) is 60.4 Å². The van der Waals surface area contributed by atoms with Crippen molar-refractivity contribution >= 4 is 51.9 Å². The zero-order valence-corrected chi connectivity index (χ0v) is 16.3. The molecule has 2 N–H and O–H groups in total. The Morgan fingerprint density at radius 2 is 1.93 bits per heavy atom. The molecule has 1 fully saturated rings. The van der Waals surface area contributed by atoms with E-state index in [-0.39, 0.29) is 30.5 Å². The lowest BCUT2D eigenvalue weighted by molar-refractivity contribution is -0.122. The number of nitrogens with zero attached hydrogens (tertiary/aromatic N) is 1. The van der Waals surface area contributed by atoms with Gasteiger partial charge in [0.15, 0.2) is 0 Å². The van der Waals surface area contributed by atoms with Crippen molar-refractivity contribution in [3.8, 4) is 5.75 Å². The lowest BCUT2D eigenvalue weighted by Crippen LogP contribution is -2.31. The van der Waals surface area contributed by atoms with Crippen LogP contribution in [0.25, 0.3) is 6.08 Å². The fourth-order valence-electron chi connectivity index (χ4n) is 2.58. The van der Waals surface area contributed by atoms with Crippen LogP contribution in [0.4, 0.5) is 5.69 Å². The Kier molecular flexibility index (Phi) is 5.93. The van der Waals surface area contributed by atoms with Gasteiger partial charge in [0.1, 0.15) is 10.1 Å². The molecular formula is C20H18N2O3S2. The predicted octanol–water partition coefficient (Wildman–Crippen LogP) is 3.93. The second kappa shape index (κ2) is 8.37. The van der Waals surface area contributed by atoms with Crippen molar-refractivity contribution in [2.45, 2.75) is 13.3 Å². The quantitative estimate of drug-likeness (QED) is 0.590. The predicted molar refractivity (Wildman–Crippen MR) is 112 cm³/mol. The fourth-order valence-corrected chi connectivity index (χ4v) is 3.88. The maximum atomic E-state index is 12.6. The van der Waals surface area contributed by atoms with Crippen molar-refractivity contribution in [3.63, 3.8) is 0 Å². The van der Waals surface area contributed by atoms with E-state index in [1.807, 2.05) is 31.2 Å². The van der Waals surface area contributed by atoms with Gasteiger partial charge in [-0.05, 0) is 30.7 Å². The largest absolute Gasteiger partial charge is 0.507 e. The summed E-state index contributed by atoms with van der Waals surface area (Å²) in [5, 5.41) is 12.7. The minimum Gasteiger partial charge on any atom is -0.507 e. The highest BCUT2D eigenvalue weighted by molar-refractivity contribution is 8.26. The molecule has 2 aromatic rings. The van der Waals surface area contributed by atoms with E-state index in [2.05, 4.69) is 5.32 Å². The Hall–Kier alpha value is -2.64. The number of hydrogen-bond acceptors (Lipinski definition) is 5. The second-order valence-corrected chi connectivity index (χ2v) is 7.68. The van der Waals surface area contributed by atoms with E-state index in [0.29, 0.717) is 14.8 Å². The smallest absolute Gasteiger partial charge is 0.266 e. The number of thioether (sulfide) groups is 1. The number of phenols is 1. The number of phenolic OH excluding ortho intramolecular Hbond substituents is 1. The third kappa shape index (κ3) is 4.56. The van der Waals surface area contributed by atoms with Gasteiger partial charge in [0.05, 0.1) is 4.91 Å². The third-order valence-corrected chi connectivity index (χ3v) is 5.46. The maximum Gasteiger partial charge on any atom is 0.266 e. The molecule has 0 aromatic heterocycles. The van der Waals surface area contributed by atoms with E-state index in [9.17, 15) is 14.7 Å². The number of amides is 2. The van der Waals surface area contributed by atoms with Crippen molar-refractivity contribution in [1.29, 1.82) is 0 Å². The van der Waals surface area contributed by atoms with Crippen LogP contribution in [0.5, 0.6) is 5.75 Å². The number of anilines is 1. The number of aromatic hydroxyl groups is 1. The van der Waals surface area contributed by atoms with E-state index >= 15 is 0 Å². The Labute approximate surface area is 167 Å². The lowest BCUT2D eigenvalue weighted by atomic mass is 10.2. The monoisotopic (exact) mass is 398 g/mol. The zero-order valence-electron chi connectivity index (χ0n) is 14.6.